The number of benzene rings is 2. The van der Waals surface area contributed by atoms with Crippen molar-refractivity contribution in [3.63, 3.8) is 0 Å². The van der Waals surface area contributed by atoms with Crippen LogP contribution in [0.2, 0.25) is 5.02 Å². The van der Waals surface area contributed by atoms with E-state index in [0.29, 0.717) is 17.9 Å². The number of sulfone groups is 1. The van der Waals surface area contributed by atoms with E-state index in [4.69, 9.17) is 16.3 Å². The smallest absolute Gasteiger partial charge is 0.407 e. The van der Waals surface area contributed by atoms with Gasteiger partial charge < -0.3 is 10.1 Å². The fraction of sp³-hybridized carbons (Fsp3) is 0.435. The van der Waals surface area contributed by atoms with Crippen molar-refractivity contribution in [1.29, 1.82) is 0 Å². The molecule has 3 rings (SSSR count). The zero-order chi connectivity index (χ0) is 23.5. The second-order valence-electron chi connectivity index (χ2n) is 8.42. The van der Waals surface area contributed by atoms with Gasteiger partial charge in [0.25, 0.3) is 0 Å². The van der Waals surface area contributed by atoms with Crippen molar-refractivity contribution < 1.29 is 26.7 Å². The number of nitrogens with one attached hydrogen (secondary N) is 1. The number of ether oxygens (including phenoxy) is 1. The van der Waals surface area contributed by atoms with Crippen LogP contribution >= 0.6 is 11.6 Å². The van der Waals surface area contributed by atoms with E-state index in [1.807, 2.05) is 13.8 Å². The van der Waals surface area contributed by atoms with Crippen LogP contribution in [0.25, 0.3) is 0 Å². The van der Waals surface area contributed by atoms with E-state index < -0.39 is 32.3 Å². The number of halogens is 3. The Morgan fingerprint density at radius 3 is 2.38 bits per heavy atom. The first kappa shape index (κ1) is 24.5. The van der Waals surface area contributed by atoms with Crippen molar-refractivity contribution in [3.05, 3.63) is 64.7 Å². The summed E-state index contributed by atoms with van der Waals surface area (Å²) in [5.41, 5.74) is -0.177. The van der Waals surface area contributed by atoms with E-state index in [0.717, 1.165) is 18.2 Å². The summed E-state index contributed by atoms with van der Waals surface area (Å²) in [6.45, 7) is 3.75. The van der Waals surface area contributed by atoms with Crippen LogP contribution in [0.4, 0.5) is 13.6 Å². The molecule has 0 aromatic heterocycles. The predicted octanol–water partition coefficient (Wildman–Crippen LogP) is 5.61. The molecule has 0 aliphatic heterocycles. The molecule has 5 nitrogen and oxygen atoms in total. The molecule has 0 atom stereocenters. The molecule has 1 amide bonds. The molecule has 0 saturated heterocycles. The summed E-state index contributed by atoms with van der Waals surface area (Å²) in [6.07, 6.45) is 0.341. The molecule has 0 bridgehead atoms. The van der Waals surface area contributed by atoms with Crippen molar-refractivity contribution in [2.45, 2.75) is 55.2 Å². The molecule has 1 saturated carbocycles. The standard InChI is InChI=1S/C23H26ClF2NO4S/c1-15(2)27-22(28)31-14-16-9-11-23(12-10-16,20-13-18(25)5-8-21(20)26)32(29,30)19-6-3-17(24)4-7-19/h3-8,13,15-16H,9-12,14H2,1-2H3,(H,27,28)/t16-,23+. The average molecular weight is 486 g/mol. The van der Waals surface area contributed by atoms with E-state index in [2.05, 4.69) is 5.32 Å². The van der Waals surface area contributed by atoms with Crippen molar-refractivity contribution in [1.82, 2.24) is 5.32 Å². The monoisotopic (exact) mass is 485 g/mol. The molecule has 174 valence electrons. The molecule has 9 heteroatoms. The highest BCUT2D eigenvalue weighted by molar-refractivity contribution is 7.92. The molecule has 1 fully saturated rings. The van der Waals surface area contributed by atoms with Gasteiger partial charge in [0.15, 0.2) is 9.84 Å². The zero-order valence-electron chi connectivity index (χ0n) is 17.9. The van der Waals surface area contributed by atoms with Gasteiger partial charge in [0, 0.05) is 16.6 Å². The minimum Gasteiger partial charge on any atom is -0.449 e. The van der Waals surface area contributed by atoms with Crippen LogP contribution in [0.3, 0.4) is 0 Å². The van der Waals surface area contributed by atoms with Crippen LogP contribution in [0.15, 0.2) is 47.4 Å². The fourth-order valence-electron chi connectivity index (χ4n) is 4.15. The lowest BCUT2D eigenvalue weighted by molar-refractivity contribution is 0.109. The summed E-state index contributed by atoms with van der Waals surface area (Å²) < 4.78 is 60.0. The minimum absolute atomic E-state index is 0.00317. The van der Waals surface area contributed by atoms with Gasteiger partial charge >= 0.3 is 6.09 Å². The molecular formula is C23H26ClF2NO4S. The van der Waals surface area contributed by atoms with Crippen molar-refractivity contribution in [2.24, 2.45) is 5.92 Å². The number of hydrogen-bond donors (Lipinski definition) is 1. The Labute approximate surface area is 192 Å². The molecular weight excluding hydrogens is 460 g/mol. The normalized spacial score (nSPS) is 21.4. The van der Waals surface area contributed by atoms with E-state index in [1.54, 1.807) is 0 Å². The van der Waals surface area contributed by atoms with Gasteiger partial charge in [0.05, 0.1) is 11.5 Å². The Bertz CT molecular complexity index is 1070. The summed E-state index contributed by atoms with van der Waals surface area (Å²) in [5.74, 6) is -1.56. The van der Waals surface area contributed by atoms with Crippen LogP contribution in [0.5, 0.6) is 0 Å². The highest BCUT2D eigenvalue weighted by Gasteiger charge is 2.50. The number of carbonyl (C=O) groups is 1. The van der Waals surface area contributed by atoms with Crippen molar-refractivity contribution in [3.8, 4) is 0 Å². The summed E-state index contributed by atoms with van der Waals surface area (Å²) in [7, 11) is -4.09. The molecule has 1 aliphatic carbocycles. The molecule has 32 heavy (non-hydrogen) atoms. The molecule has 0 spiro atoms. The minimum atomic E-state index is -4.09. The maximum absolute atomic E-state index is 14.9. The van der Waals surface area contributed by atoms with E-state index in [1.165, 1.54) is 24.3 Å². The number of alkyl carbamates (subject to hydrolysis) is 1. The second kappa shape index (κ2) is 9.75. The molecule has 1 N–H and O–H groups in total. The Hall–Kier alpha value is -2.19. The zero-order valence-corrected chi connectivity index (χ0v) is 19.5. The lowest BCUT2D eigenvalue weighted by Gasteiger charge is -2.40. The molecule has 1 aliphatic rings. The van der Waals surface area contributed by atoms with Gasteiger partial charge in [0.2, 0.25) is 0 Å². The van der Waals surface area contributed by atoms with Gasteiger partial charge in [-0.3, -0.25) is 0 Å². The van der Waals surface area contributed by atoms with Gasteiger partial charge in [-0.25, -0.2) is 22.0 Å². The Kier molecular flexibility index (Phi) is 7.45. The lowest BCUT2D eigenvalue weighted by atomic mass is 9.78. The van der Waals surface area contributed by atoms with E-state index in [9.17, 15) is 22.0 Å². The van der Waals surface area contributed by atoms with E-state index >= 15 is 0 Å². The highest BCUT2D eigenvalue weighted by atomic mass is 35.5. The Morgan fingerprint density at radius 1 is 1.16 bits per heavy atom. The third-order valence-electron chi connectivity index (χ3n) is 5.83. The van der Waals surface area contributed by atoms with Gasteiger partial charge in [-0.05, 0) is 87.9 Å². The first-order chi connectivity index (χ1) is 15.0. The van der Waals surface area contributed by atoms with Crippen LogP contribution in [0.1, 0.15) is 45.1 Å². The number of rotatable bonds is 6. The molecule has 2 aromatic carbocycles. The van der Waals surface area contributed by atoms with Crippen LogP contribution < -0.4 is 5.32 Å². The Morgan fingerprint density at radius 2 is 1.78 bits per heavy atom. The largest absolute Gasteiger partial charge is 0.449 e. The van der Waals surface area contributed by atoms with Gasteiger partial charge in [-0.15, -0.1) is 0 Å². The second-order valence-corrected chi connectivity index (χ2v) is 11.1. The van der Waals surface area contributed by atoms with Crippen LogP contribution in [-0.4, -0.2) is 27.2 Å². The highest BCUT2D eigenvalue weighted by Crippen LogP contribution is 2.49. The molecule has 0 heterocycles. The number of carbonyl (C=O) groups excluding carboxylic acids is 1. The first-order valence-electron chi connectivity index (χ1n) is 10.4. The fourth-order valence-corrected chi connectivity index (χ4v) is 6.44. The average Bonchev–Trinajstić information content (AvgIpc) is 2.74. The summed E-state index contributed by atoms with van der Waals surface area (Å²) >= 11 is 5.91. The molecule has 2 aromatic rings. The predicted molar refractivity (Wildman–Crippen MR) is 118 cm³/mol. The summed E-state index contributed by atoms with van der Waals surface area (Å²) in [5, 5.41) is 3.00. The van der Waals surface area contributed by atoms with Crippen LogP contribution in [0, 0.1) is 17.6 Å². The van der Waals surface area contributed by atoms with E-state index in [-0.39, 0.29) is 41.9 Å². The third-order valence-corrected chi connectivity index (χ3v) is 8.63. The third kappa shape index (κ3) is 5.07. The quantitative estimate of drug-likeness (QED) is 0.577. The molecule has 0 unspecified atom stereocenters. The van der Waals surface area contributed by atoms with Gasteiger partial charge in [-0.2, -0.15) is 0 Å². The SMILES string of the molecule is CC(C)NC(=O)OC[C@H]1CC[C@@](c2cc(F)ccc2F)(S(=O)(=O)c2ccc(Cl)cc2)CC1. The topological polar surface area (TPSA) is 72.5 Å². The van der Waals surface area contributed by atoms with Crippen molar-refractivity contribution >= 4 is 27.5 Å². The van der Waals surface area contributed by atoms with Gasteiger partial charge in [-0.1, -0.05) is 11.6 Å². The maximum atomic E-state index is 14.9. The van der Waals surface area contributed by atoms with Gasteiger partial charge in [0.1, 0.15) is 16.4 Å². The lowest BCUT2D eigenvalue weighted by Crippen LogP contribution is -2.41. The summed E-state index contributed by atoms with van der Waals surface area (Å²) in [4.78, 5) is 11.8. The Balaban J connectivity index is 1.92. The van der Waals surface area contributed by atoms with Crippen molar-refractivity contribution in [2.75, 3.05) is 6.61 Å². The van der Waals surface area contributed by atoms with Crippen LogP contribution in [-0.2, 0) is 19.3 Å². The summed E-state index contributed by atoms with van der Waals surface area (Å²) in [6, 6.07) is 8.49. The maximum Gasteiger partial charge on any atom is 0.407 e. The molecule has 0 radical (unpaired) electrons. The number of hydrogen-bond acceptors (Lipinski definition) is 4. The first-order valence-corrected chi connectivity index (χ1v) is 12.3. The number of amides is 1.